The summed E-state index contributed by atoms with van der Waals surface area (Å²) in [5.41, 5.74) is 0. The first-order chi connectivity index (χ1) is 13.8. The molecule has 1 aliphatic rings. The number of nitrogens with zero attached hydrogens (tertiary/aromatic N) is 1. The van der Waals surface area contributed by atoms with Gasteiger partial charge in [-0.05, 0) is 61.4 Å². The minimum atomic E-state index is -3.64. The molecule has 0 aromatic heterocycles. The zero-order valence-corrected chi connectivity index (χ0v) is 18.1. The Morgan fingerprint density at radius 1 is 0.862 bits per heavy atom. The minimum Gasteiger partial charge on any atom is -0.492 e. The van der Waals surface area contributed by atoms with Gasteiger partial charge >= 0.3 is 0 Å². The molecule has 3 rings (SSSR count). The Kier molecular flexibility index (Phi) is 7.18. The Morgan fingerprint density at radius 3 is 2.07 bits per heavy atom. The molecule has 7 nitrogen and oxygen atoms in total. The number of ether oxygens (including phenoxy) is 1. The summed E-state index contributed by atoms with van der Waals surface area (Å²) < 4.78 is 59.1. The molecule has 1 N–H and O–H groups in total. The molecule has 1 heterocycles. The molecule has 158 valence electrons. The quantitative estimate of drug-likeness (QED) is 0.614. The summed E-state index contributed by atoms with van der Waals surface area (Å²) in [4.78, 5) is 0.351. The molecule has 2 aromatic carbocycles. The van der Waals surface area contributed by atoms with Crippen LogP contribution in [0.4, 0.5) is 0 Å². The van der Waals surface area contributed by atoms with Crippen molar-refractivity contribution < 1.29 is 21.6 Å². The fourth-order valence-electron chi connectivity index (χ4n) is 3.00. The topological polar surface area (TPSA) is 92.8 Å². The summed E-state index contributed by atoms with van der Waals surface area (Å²) in [5.74, 6) is 0.466. The van der Waals surface area contributed by atoms with E-state index in [0.717, 1.165) is 19.3 Å². The molecule has 1 fully saturated rings. The van der Waals surface area contributed by atoms with E-state index in [2.05, 4.69) is 4.72 Å². The lowest BCUT2D eigenvalue weighted by molar-refractivity contribution is 0.322. The third-order valence-corrected chi connectivity index (χ3v) is 8.21. The number of halogens is 1. The van der Waals surface area contributed by atoms with Crippen LogP contribution in [-0.2, 0) is 20.0 Å². The molecular weight excluding hydrogens is 436 g/mol. The van der Waals surface area contributed by atoms with Crippen molar-refractivity contribution in [3.8, 4) is 5.75 Å². The SMILES string of the molecule is O=S(=O)(NCCOc1ccc(S(=O)(=O)N2CCCCC2)cc1)c1ccc(Cl)cc1. The number of hydrogen-bond donors (Lipinski definition) is 1. The van der Waals surface area contributed by atoms with Gasteiger partial charge in [0.2, 0.25) is 20.0 Å². The van der Waals surface area contributed by atoms with E-state index in [1.807, 2.05) is 0 Å². The zero-order valence-electron chi connectivity index (χ0n) is 15.8. The highest BCUT2D eigenvalue weighted by Gasteiger charge is 2.25. The second kappa shape index (κ2) is 9.44. The van der Waals surface area contributed by atoms with Crippen LogP contribution in [0.15, 0.2) is 58.3 Å². The highest BCUT2D eigenvalue weighted by molar-refractivity contribution is 7.89. The van der Waals surface area contributed by atoms with Crippen molar-refractivity contribution in [3.05, 3.63) is 53.6 Å². The summed E-state index contributed by atoms with van der Waals surface area (Å²) in [6.07, 6.45) is 2.82. The highest BCUT2D eigenvalue weighted by atomic mass is 35.5. The van der Waals surface area contributed by atoms with Gasteiger partial charge in [0.15, 0.2) is 0 Å². The van der Waals surface area contributed by atoms with Crippen molar-refractivity contribution >= 4 is 31.6 Å². The molecule has 1 aliphatic heterocycles. The summed E-state index contributed by atoms with van der Waals surface area (Å²) in [5, 5.41) is 0.457. The molecule has 0 atom stereocenters. The van der Waals surface area contributed by atoms with Gasteiger partial charge in [-0.3, -0.25) is 0 Å². The molecule has 0 amide bonds. The monoisotopic (exact) mass is 458 g/mol. The Hall–Kier alpha value is -1.65. The van der Waals surface area contributed by atoms with Crippen molar-refractivity contribution in [2.24, 2.45) is 0 Å². The van der Waals surface area contributed by atoms with Gasteiger partial charge < -0.3 is 4.74 Å². The predicted molar refractivity (Wildman–Crippen MR) is 111 cm³/mol. The van der Waals surface area contributed by atoms with Crippen LogP contribution in [0.2, 0.25) is 5.02 Å². The van der Waals surface area contributed by atoms with Crippen molar-refractivity contribution in [1.82, 2.24) is 9.03 Å². The van der Waals surface area contributed by atoms with Crippen LogP contribution in [0.1, 0.15) is 19.3 Å². The normalized spacial score (nSPS) is 15.9. The molecule has 0 spiro atoms. The maximum Gasteiger partial charge on any atom is 0.243 e. The van der Waals surface area contributed by atoms with Crippen molar-refractivity contribution in [1.29, 1.82) is 0 Å². The van der Waals surface area contributed by atoms with Gasteiger partial charge in [-0.25, -0.2) is 21.6 Å². The van der Waals surface area contributed by atoms with E-state index in [1.165, 1.54) is 40.7 Å². The number of piperidine rings is 1. The first-order valence-corrected chi connectivity index (χ1v) is 12.6. The van der Waals surface area contributed by atoms with Gasteiger partial charge in [0.1, 0.15) is 12.4 Å². The first kappa shape index (κ1) is 22.0. The van der Waals surface area contributed by atoms with Crippen LogP contribution in [0.5, 0.6) is 5.75 Å². The summed E-state index contributed by atoms with van der Waals surface area (Å²) >= 11 is 5.76. The lowest BCUT2D eigenvalue weighted by Gasteiger charge is -2.25. The summed E-state index contributed by atoms with van der Waals surface area (Å²) in [6.45, 7) is 1.27. The first-order valence-electron chi connectivity index (χ1n) is 9.27. The van der Waals surface area contributed by atoms with Crippen LogP contribution < -0.4 is 9.46 Å². The fraction of sp³-hybridized carbons (Fsp3) is 0.368. The van der Waals surface area contributed by atoms with E-state index < -0.39 is 20.0 Å². The summed E-state index contributed by atoms with van der Waals surface area (Å²) in [6, 6.07) is 12.0. The average molecular weight is 459 g/mol. The van der Waals surface area contributed by atoms with Crippen LogP contribution >= 0.6 is 11.6 Å². The number of sulfonamides is 2. The zero-order chi connectivity index (χ0) is 20.9. The molecule has 0 unspecified atom stereocenters. The summed E-state index contributed by atoms with van der Waals surface area (Å²) in [7, 11) is -7.12. The van der Waals surface area contributed by atoms with Crippen LogP contribution in [-0.4, -0.2) is 47.4 Å². The van der Waals surface area contributed by atoms with Gasteiger partial charge in [0.25, 0.3) is 0 Å². The largest absolute Gasteiger partial charge is 0.492 e. The van der Waals surface area contributed by atoms with Gasteiger partial charge in [-0.15, -0.1) is 0 Å². The Labute approximate surface area is 176 Å². The fourth-order valence-corrected chi connectivity index (χ4v) is 5.66. The number of benzene rings is 2. The van der Waals surface area contributed by atoms with Crippen LogP contribution in [0, 0.1) is 0 Å². The van der Waals surface area contributed by atoms with Gasteiger partial charge in [0, 0.05) is 24.7 Å². The highest BCUT2D eigenvalue weighted by Crippen LogP contribution is 2.22. The van der Waals surface area contributed by atoms with E-state index >= 15 is 0 Å². The van der Waals surface area contributed by atoms with E-state index in [1.54, 1.807) is 12.1 Å². The number of hydrogen-bond acceptors (Lipinski definition) is 5. The van der Waals surface area contributed by atoms with Crippen molar-refractivity contribution in [2.75, 3.05) is 26.2 Å². The average Bonchev–Trinajstić information content (AvgIpc) is 2.72. The molecule has 0 aliphatic carbocycles. The standard InChI is InChI=1S/C19H23ClN2O5S2/c20-16-4-8-18(9-5-16)28(23,24)21-12-15-27-17-6-10-19(11-7-17)29(25,26)22-13-2-1-3-14-22/h4-11,21H,1-3,12-15H2. The maximum atomic E-state index is 12.6. The van der Waals surface area contributed by atoms with Crippen molar-refractivity contribution in [3.63, 3.8) is 0 Å². The second-order valence-electron chi connectivity index (χ2n) is 6.64. The van der Waals surface area contributed by atoms with E-state index in [0.29, 0.717) is 23.9 Å². The lowest BCUT2D eigenvalue weighted by Crippen LogP contribution is -2.35. The Morgan fingerprint density at radius 2 is 1.45 bits per heavy atom. The molecule has 0 radical (unpaired) electrons. The smallest absolute Gasteiger partial charge is 0.243 e. The second-order valence-corrected chi connectivity index (χ2v) is 10.8. The van der Waals surface area contributed by atoms with Crippen LogP contribution in [0.3, 0.4) is 0 Å². The van der Waals surface area contributed by atoms with Gasteiger partial charge in [-0.1, -0.05) is 18.0 Å². The van der Waals surface area contributed by atoms with Crippen molar-refractivity contribution in [2.45, 2.75) is 29.1 Å². The molecule has 0 saturated carbocycles. The molecule has 0 bridgehead atoms. The van der Waals surface area contributed by atoms with Gasteiger partial charge in [-0.2, -0.15) is 4.31 Å². The molecule has 1 saturated heterocycles. The Balaban J connectivity index is 1.52. The minimum absolute atomic E-state index is 0.0682. The molecule has 10 heteroatoms. The third kappa shape index (κ3) is 5.70. The lowest BCUT2D eigenvalue weighted by atomic mass is 10.2. The predicted octanol–water partition coefficient (Wildman–Crippen LogP) is 2.87. The molecular formula is C19H23ClN2O5S2. The van der Waals surface area contributed by atoms with Crippen LogP contribution in [0.25, 0.3) is 0 Å². The van der Waals surface area contributed by atoms with E-state index in [9.17, 15) is 16.8 Å². The van der Waals surface area contributed by atoms with E-state index in [4.69, 9.17) is 16.3 Å². The number of nitrogens with one attached hydrogen (secondary N) is 1. The maximum absolute atomic E-state index is 12.6. The van der Waals surface area contributed by atoms with E-state index in [-0.39, 0.29) is 22.9 Å². The number of rotatable bonds is 8. The third-order valence-electron chi connectivity index (χ3n) is 4.56. The molecule has 2 aromatic rings. The molecule has 29 heavy (non-hydrogen) atoms. The Bertz CT molecular complexity index is 1020. The van der Waals surface area contributed by atoms with Gasteiger partial charge in [0.05, 0.1) is 9.79 Å².